The lowest BCUT2D eigenvalue weighted by Gasteiger charge is -2.29. The molecule has 0 radical (unpaired) electrons. The van der Waals surface area contributed by atoms with Crippen LogP contribution in [0.4, 0.5) is 4.79 Å². The van der Waals surface area contributed by atoms with Crippen molar-refractivity contribution in [3.05, 3.63) is 29.8 Å². The van der Waals surface area contributed by atoms with Gasteiger partial charge in [0.2, 0.25) is 0 Å². The molecule has 0 aliphatic heterocycles. The third-order valence-corrected chi connectivity index (χ3v) is 3.70. The molecule has 0 saturated carbocycles. The SMILES string of the molecule is CN=C(NCc1ccc(OCCOC)cc1)NCC(C)(C)NC(=O)OC(C)(C)C.I. The molecule has 1 rings (SSSR count). The highest BCUT2D eigenvalue weighted by molar-refractivity contribution is 14.0. The van der Waals surface area contributed by atoms with Gasteiger partial charge in [0.25, 0.3) is 0 Å². The van der Waals surface area contributed by atoms with Crippen molar-refractivity contribution < 1.29 is 19.0 Å². The zero-order valence-electron chi connectivity index (χ0n) is 19.1. The zero-order chi connectivity index (χ0) is 21.9. The van der Waals surface area contributed by atoms with Crippen molar-refractivity contribution >= 4 is 36.0 Å². The van der Waals surface area contributed by atoms with Gasteiger partial charge in [-0.3, -0.25) is 4.99 Å². The Morgan fingerprint density at radius 1 is 1.03 bits per heavy atom. The number of hydrogen-bond donors (Lipinski definition) is 3. The van der Waals surface area contributed by atoms with Gasteiger partial charge in [0.15, 0.2) is 5.96 Å². The monoisotopic (exact) mass is 536 g/mol. The van der Waals surface area contributed by atoms with Crippen molar-refractivity contribution in [2.45, 2.75) is 52.3 Å². The quantitative estimate of drug-likeness (QED) is 0.194. The lowest BCUT2D eigenvalue weighted by molar-refractivity contribution is 0.0474. The van der Waals surface area contributed by atoms with E-state index in [1.54, 1.807) is 14.2 Å². The van der Waals surface area contributed by atoms with Crippen LogP contribution in [-0.2, 0) is 16.0 Å². The Labute approximate surface area is 197 Å². The van der Waals surface area contributed by atoms with Crippen LogP contribution in [-0.4, -0.2) is 57.1 Å². The standard InChI is InChI=1S/C21H36N4O4.HI/c1-20(2,3)29-19(26)25-21(4,5)15-24-18(22-6)23-14-16-8-10-17(11-9-16)28-13-12-27-7;/h8-11H,12-15H2,1-7H3,(H,25,26)(H2,22,23,24);1H. The molecular formula is C21H37IN4O4. The topological polar surface area (TPSA) is 93.2 Å². The van der Waals surface area contributed by atoms with Gasteiger partial charge >= 0.3 is 6.09 Å². The molecule has 30 heavy (non-hydrogen) atoms. The molecule has 0 saturated heterocycles. The van der Waals surface area contributed by atoms with Gasteiger partial charge in [0.05, 0.1) is 12.1 Å². The van der Waals surface area contributed by atoms with Crippen LogP contribution >= 0.6 is 24.0 Å². The second kappa shape index (κ2) is 13.5. The third kappa shape index (κ3) is 12.7. The highest BCUT2D eigenvalue weighted by Gasteiger charge is 2.24. The molecule has 172 valence electrons. The molecule has 0 aliphatic carbocycles. The van der Waals surface area contributed by atoms with E-state index >= 15 is 0 Å². The minimum absolute atomic E-state index is 0. The number of rotatable bonds is 9. The van der Waals surface area contributed by atoms with Crippen molar-refractivity contribution in [3.8, 4) is 5.75 Å². The van der Waals surface area contributed by atoms with E-state index in [-0.39, 0.29) is 24.0 Å². The summed E-state index contributed by atoms with van der Waals surface area (Å²) in [6.07, 6.45) is -0.444. The minimum Gasteiger partial charge on any atom is -0.491 e. The molecule has 0 atom stereocenters. The van der Waals surface area contributed by atoms with E-state index in [2.05, 4.69) is 20.9 Å². The fourth-order valence-electron chi connectivity index (χ4n) is 2.28. The van der Waals surface area contributed by atoms with Crippen LogP contribution in [0.3, 0.4) is 0 Å². The Morgan fingerprint density at radius 3 is 2.20 bits per heavy atom. The minimum atomic E-state index is -0.532. The second-order valence-electron chi connectivity index (χ2n) is 8.28. The predicted molar refractivity (Wildman–Crippen MR) is 131 cm³/mol. The first-order valence-corrected chi connectivity index (χ1v) is 9.71. The Bertz CT molecular complexity index is 658. The van der Waals surface area contributed by atoms with E-state index in [1.165, 1.54) is 0 Å². The zero-order valence-corrected chi connectivity index (χ0v) is 21.5. The Balaban J connectivity index is 0.00000841. The summed E-state index contributed by atoms with van der Waals surface area (Å²) in [5, 5.41) is 9.34. The van der Waals surface area contributed by atoms with Crippen LogP contribution in [0.5, 0.6) is 5.75 Å². The molecule has 3 N–H and O–H groups in total. The number of methoxy groups -OCH3 is 1. The summed E-state index contributed by atoms with van der Waals surface area (Å²) in [5.74, 6) is 1.45. The lowest BCUT2D eigenvalue weighted by Crippen LogP contribution is -2.54. The molecule has 0 spiro atoms. The number of carbonyl (C=O) groups is 1. The molecule has 0 aromatic heterocycles. The normalized spacial score (nSPS) is 11.9. The van der Waals surface area contributed by atoms with Gasteiger partial charge in [-0.15, -0.1) is 24.0 Å². The van der Waals surface area contributed by atoms with Crippen LogP contribution in [0.1, 0.15) is 40.2 Å². The van der Waals surface area contributed by atoms with Crippen LogP contribution < -0.4 is 20.7 Å². The first-order valence-electron chi connectivity index (χ1n) is 9.71. The fourth-order valence-corrected chi connectivity index (χ4v) is 2.28. The third-order valence-electron chi connectivity index (χ3n) is 3.70. The highest BCUT2D eigenvalue weighted by Crippen LogP contribution is 2.12. The van der Waals surface area contributed by atoms with Crippen LogP contribution in [0.25, 0.3) is 0 Å². The number of carbonyl (C=O) groups excluding carboxylic acids is 1. The molecule has 1 aromatic carbocycles. The highest BCUT2D eigenvalue weighted by atomic mass is 127. The first kappa shape index (κ1) is 28.2. The smallest absolute Gasteiger partial charge is 0.408 e. The Hall–Kier alpha value is -1.75. The van der Waals surface area contributed by atoms with E-state index in [4.69, 9.17) is 14.2 Å². The molecule has 0 aliphatic rings. The van der Waals surface area contributed by atoms with Crippen molar-refractivity contribution in [2.24, 2.45) is 4.99 Å². The summed E-state index contributed by atoms with van der Waals surface area (Å²) >= 11 is 0. The molecule has 8 nitrogen and oxygen atoms in total. The van der Waals surface area contributed by atoms with Gasteiger partial charge < -0.3 is 30.2 Å². The van der Waals surface area contributed by atoms with Gasteiger partial charge in [-0.25, -0.2) is 4.79 Å². The molecule has 0 unspecified atom stereocenters. The van der Waals surface area contributed by atoms with Crippen LogP contribution in [0, 0.1) is 0 Å². The van der Waals surface area contributed by atoms with Crippen molar-refractivity contribution in [2.75, 3.05) is 33.9 Å². The van der Waals surface area contributed by atoms with E-state index in [1.807, 2.05) is 58.9 Å². The molecule has 9 heteroatoms. The maximum atomic E-state index is 12.0. The van der Waals surface area contributed by atoms with Crippen molar-refractivity contribution in [1.82, 2.24) is 16.0 Å². The average Bonchev–Trinajstić information content (AvgIpc) is 2.61. The Kier molecular flexibility index (Phi) is 12.7. The lowest BCUT2D eigenvalue weighted by atomic mass is 10.1. The number of amides is 1. The maximum absolute atomic E-state index is 12.0. The first-order chi connectivity index (χ1) is 13.5. The molecular weight excluding hydrogens is 499 g/mol. The second-order valence-corrected chi connectivity index (χ2v) is 8.28. The fraction of sp³-hybridized carbons (Fsp3) is 0.619. The van der Waals surface area contributed by atoms with Crippen molar-refractivity contribution in [3.63, 3.8) is 0 Å². The predicted octanol–water partition coefficient (Wildman–Crippen LogP) is 3.30. The summed E-state index contributed by atoms with van der Waals surface area (Å²) < 4.78 is 15.8. The van der Waals surface area contributed by atoms with Gasteiger partial charge in [-0.1, -0.05) is 12.1 Å². The largest absolute Gasteiger partial charge is 0.491 e. The molecule has 1 amide bonds. The summed E-state index contributed by atoms with van der Waals surface area (Å²) in [5.41, 5.74) is 0.0506. The van der Waals surface area contributed by atoms with Gasteiger partial charge in [-0.2, -0.15) is 0 Å². The summed E-state index contributed by atoms with van der Waals surface area (Å²) in [6, 6.07) is 7.85. The van der Waals surface area contributed by atoms with E-state index in [9.17, 15) is 4.79 Å². The number of halogens is 1. The summed E-state index contributed by atoms with van der Waals surface area (Å²) in [7, 11) is 3.35. The molecule has 0 fully saturated rings. The molecule has 0 bridgehead atoms. The average molecular weight is 536 g/mol. The summed E-state index contributed by atoms with van der Waals surface area (Å²) in [4.78, 5) is 16.2. The Morgan fingerprint density at radius 2 is 1.67 bits per heavy atom. The van der Waals surface area contributed by atoms with Gasteiger partial charge in [0, 0.05) is 27.2 Å². The number of hydrogen-bond acceptors (Lipinski definition) is 5. The number of nitrogens with zero attached hydrogens (tertiary/aromatic N) is 1. The van der Waals surface area contributed by atoms with Crippen LogP contribution in [0.2, 0.25) is 0 Å². The maximum Gasteiger partial charge on any atom is 0.408 e. The van der Waals surface area contributed by atoms with E-state index < -0.39 is 17.2 Å². The van der Waals surface area contributed by atoms with E-state index in [0.29, 0.717) is 32.3 Å². The summed E-state index contributed by atoms with van der Waals surface area (Å²) in [6.45, 7) is 11.5. The number of benzene rings is 1. The van der Waals surface area contributed by atoms with Gasteiger partial charge in [-0.05, 0) is 52.3 Å². The number of aliphatic imine (C=N–C) groups is 1. The van der Waals surface area contributed by atoms with Crippen LogP contribution in [0.15, 0.2) is 29.3 Å². The molecule has 0 heterocycles. The van der Waals surface area contributed by atoms with Crippen molar-refractivity contribution in [1.29, 1.82) is 0 Å². The number of nitrogens with one attached hydrogen (secondary N) is 3. The number of guanidine groups is 1. The number of ether oxygens (including phenoxy) is 3. The van der Waals surface area contributed by atoms with Gasteiger partial charge in [0.1, 0.15) is 18.0 Å². The van der Waals surface area contributed by atoms with E-state index in [0.717, 1.165) is 11.3 Å². The number of alkyl carbamates (subject to hydrolysis) is 1. The molecule has 1 aromatic rings.